The Kier molecular flexibility index (Phi) is 34.2. The molecule has 4 saturated carbocycles. The number of carbonyl (C=O) groups excluding carboxylic acids is 5. The normalized spacial score (nSPS) is 24.6. The number of hydrogen-bond acceptors (Lipinski definition) is 9. The van der Waals surface area contributed by atoms with E-state index in [1.807, 2.05) is 20.8 Å². The molecule has 0 heterocycles. The van der Waals surface area contributed by atoms with Gasteiger partial charge in [-0.1, -0.05) is 220 Å². The predicted molar refractivity (Wildman–Crippen MR) is 324 cm³/mol. The molecule has 8 atom stereocenters. The Balaban J connectivity index is 1.07. The van der Waals surface area contributed by atoms with Gasteiger partial charge in [0.2, 0.25) is 0 Å². The average molecular weight is 1110 g/mol. The number of rotatable bonds is 46. The van der Waals surface area contributed by atoms with Gasteiger partial charge >= 0.3 is 23.9 Å². The number of fused-ring (bicyclic) bond motifs is 5. The molecule has 0 spiro atoms. The fourth-order valence-electron chi connectivity index (χ4n) is 15.6. The summed E-state index contributed by atoms with van der Waals surface area (Å²) in [5, 5.41) is 0. The van der Waals surface area contributed by atoms with Crippen LogP contribution in [0.5, 0.6) is 0 Å². The summed E-state index contributed by atoms with van der Waals surface area (Å²) in [6.45, 7) is 14.9. The highest BCUT2D eigenvalue weighted by Crippen LogP contribution is 2.67. The highest BCUT2D eigenvalue weighted by atomic mass is 16.6. The first-order valence-corrected chi connectivity index (χ1v) is 34.4. The summed E-state index contributed by atoms with van der Waals surface area (Å²) >= 11 is 0. The lowest BCUT2D eigenvalue weighted by Gasteiger charge is -2.61. The van der Waals surface area contributed by atoms with Crippen molar-refractivity contribution in [1.82, 2.24) is 0 Å². The van der Waals surface area contributed by atoms with E-state index in [0.717, 1.165) is 121 Å². The summed E-state index contributed by atoms with van der Waals surface area (Å²) in [6.07, 6.45) is 50.8. The van der Waals surface area contributed by atoms with Crippen LogP contribution in [0.1, 0.15) is 344 Å². The Morgan fingerprint density at radius 2 is 0.873 bits per heavy atom. The number of ether oxygens (including phenoxy) is 4. The Hall–Kier alpha value is -2.45. The largest absolute Gasteiger partial charge is 0.462 e. The van der Waals surface area contributed by atoms with Crippen LogP contribution < -0.4 is 0 Å². The molecule has 4 fully saturated rings. The Bertz CT molecular complexity index is 1640. The van der Waals surface area contributed by atoms with Crippen molar-refractivity contribution in [3.8, 4) is 0 Å². The SMILES string of the molecule is CCCCCCCCCCCCCCCC(=O)OCC(COC(=O)CCCCCCCCCCCCCCC)OC(=O)C(C)(C)CCCCCCCCCC(=O)O[C@H]1CC[C@@]2(C)[C@@H](CC[C@@H]3[C@@H]2CC[C@]2(C)[C@@H](C(C)=O)CC[C@@H]32)C1. The smallest absolute Gasteiger partial charge is 0.312 e. The maximum atomic E-state index is 13.6. The number of esters is 4. The first-order chi connectivity index (χ1) is 38.1. The molecule has 0 saturated heterocycles. The van der Waals surface area contributed by atoms with Crippen LogP contribution >= 0.6 is 0 Å². The molecule has 9 heteroatoms. The molecule has 0 unspecified atom stereocenters. The van der Waals surface area contributed by atoms with Gasteiger partial charge in [-0.15, -0.1) is 0 Å². The van der Waals surface area contributed by atoms with E-state index in [9.17, 15) is 24.0 Å². The number of ketones is 1. The fraction of sp³-hybridized carbons (Fsp3) is 0.929. The highest BCUT2D eigenvalue weighted by Gasteiger charge is 2.61. The molecule has 0 aromatic carbocycles. The number of unbranched alkanes of at least 4 members (excludes halogenated alkanes) is 30. The van der Waals surface area contributed by atoms with Crippen molar-refractivity contribution in [3.05, 3.63) is 0 Å². The van der Waals surface area contributed by atoms with Crippen LogP contribution in [-0.4, -0.2) is 55.1 Å². The monoisotopic (exact) mass is 1110 g/mol. The number of hydrogen-bond donors (Lipinski definition) is 0. The molecule has 458 valence electrons. The molecule has 9 nitrogen and oxygen atoms in total. The van der Waals surface area contributed by atoms with Crippen LogP contribution in [0.3, 0.4) is 0 Å². The van der Waals surface area contributed by atoms with E-state index in [1.54, 1.807) is 0 Å². The van der Waals surface area contributed by atoms with Crippen molar-refractivity contribution < 1.29 is 42.9 Å². The second-order valence-electron chi connectivity index (χ2n) is 27.6. The maximum Gasteiger partial charge on any atom is 0.312 e. The summed E-state index contributed by atoms with van der Waals surface area (Å²) in [7, 11) is 0. The summed E-state index contributed by atoms with van der Waals surface area (Å²) in [6, 6.07) is 0. The second kappa shape index (κ2) is 39.2. The molecule has 0 aromatic rings. The summed E-state index contributed by atoms with van der Waals surface area (Å²) < 4.78 is 23.4. The van der Waals surface area contributed by atoms with E-state index in [0.29, 0.717) is 48.7 Å². The van der Waals surface area contributed by atoms with Gasteiger partial charge in [-0.05, 0) is 139 Å². The van der Waals surface area contributed by atoms with Gasteiger partial charge in [-0.2, -0.15) is 0 Å². The van der Waals surface area contributed by atoms with Crippen LogP contribution in [-0.2, 0) is 42.9 Å². The van der Waals surface area contributed by atoms with E-state index < -0.39 is 11.5 Å². The third-order valence-corrected chi connectivity index (χ3v) is 20.7. The minimum absolute atomic E-state index is 0.0281. The first kappa shape index (κ1) is 69.0. The quantitative estimate of drug-likeness (QED) is 0.0333. The van der Waals surface area contributed by atoms with Crippen LogP contribution in [0, 0.1) is 45.8 Å². The molecule has 4 aliphatic rings. The Labute approximate surface area is 485 Å². The molecule has 0 aromatic heterocycles. The van der Waals surface area contributed by atoms with Crippen LogP contribution in [0.2, 0.25) is 0 Å². The van der Waals surface area contributed by atoms with Crippen LogP contribution in [0.15, 0.2) is 0 Å². The topological polar surface area (TPSA) is 122 Å². The van der Waals surface area contributed by atoms with E-state index in [-0.39, 0.29) is 54.5 Å². The predicted octanol–water partition coefficient (Wildman–Crippen LogP) is 19.6. The molecule has 0 radical (unpaired) electrons. The molecule has 0 N–H and O–H groups in total. The van der Waals surface area contributed by atoms with Gasteiger partial charge in [-0.3, -0.25) is 24.0 Å². The Morgan fingerprint density at radius 1 is 0.468 bits per heavy atom. The van der Waals surface area contributed by atoms with Gasteiger partial charge < -0.3 is 18.9 Å². The van der Waals surface area contributed by atoms with Gasteiger partial charge in [0.25, 0.3) is 0 Å². The van der Waals surface area contributed by atoms with Gasteiger partial charge in [0.05, 0.1) is 5.41 Å². The van der Waals surface area contributed by atoms with E-state index in [4.69, 9.17) is 18.9 Å². The van der Waals surface area contributed by atoms with Crippen LogP contribution in [0.25, 0.3) is 0 Å². The maximum absolute atomic E-state index is 13.6. The standard InChI is InChI=1S/C70H124O9/c1-8-10-12-14-16-18-20-22-24-26-29-33-37-41-64(72)76-54-59(55-77-65(73)42-38-34-30-27-25-23-21-19-17-15-13-11-9-2)79-67(75)68(4,5)50-40-36-32-28-31-35-39-43-66(74)78-58-48-51-69(6)57(53-58)44-45-60-62-47-46-61(56(3)71)70(62,7)52-49-63(60)69/h57-63H,8-55H2,1-7H3/t57-,58-,60-,61+,62-,63-,69-,70+/m0/s1. The molecule has 4 aliphatic carbocycles. The van der Waals surface area contributed by atoms with Crippen molar-refractivity contribution in [2.75, 3.05) is 13.2 Å². The Morgan fingerprint density at radius 3 is 1.33 bits per heavy atom. The zero-order chi connectivity index (χ0) is 57.2. The molecule has 0 aliphatic heterocycles. The average Bonchev–Trinajstić information content (AvgIpc) is 3.84. The molecular weight excluding hydrogens is 985 g/mol. The van der Waals surface area contributed by atoms with E-state index in [1.165, 1.54) is 161 Å². The summed E-state index contributed by atoms with van der Waals surface area (Å²) in [5.74, 6) is 2.50. The van der Waals surface area contributed by atoms with Crippen molar-refractivity contribution >= 4 is 29.7 Å². The molecule has 4 rings (SSSR count). The van der Waals surface area contributed by atoms with Crippen molar-refractivity contribution in [3.63, 3.8) is 0 Å². The lowest BCUT2D eigenvalue weighted by molar-refractivity contribution is -0.173. The first-order valence-electron chi connectivity index (χ1n) is 34.4. The van der Waals surface area contributed by atoms with Crippen molar-refractivity contribution in [2.45, 2.75) is 356 Å². The van der Waals surface area contributed by atoms with E-state index in [2.05, 4.69) is 27.7 Å². The molecule has 79 heavy (non-hydrogen) atoms. The molecular formula is C70H124O9. The minimum atomic E-state index is -0.844. The minimum Gasteiger partial charge on any atom is -0.462 e. The van der Waals surface area contributed by atoms with Gasteiger partial charge in [-0.25, -0.2) is 0 Å². The molecule has 0 bridgehead atoms. The van der Waals surface area contributed by atoms with E-state index >= 15 is 0 Å². The van der Waals surface area contributed by atoms with Crippen molar-refractivity contribution in [1.29, 1.82) is 0 Å². The summed E-state index contributed by atoms with van der Waals surface area (Å²) in [4.78, 5) is 65.0. The lowest BCUT2D eigenvalue weighted by atomic mass is 9.44. The highest BCUT2D eigenvalue weighted by molar-refractivity contribution is 5.79. The van der Waals surface area contributed by atoms with Crippen molar-refractivity contribution in [2.24, 2.45) is 45.8 Å². The zero-order valence-corrected chi connectivity index (χ0v) is 52.7. The number of Topliss-reactive ketones (excluding diaryl/α,β-unsaturated/α-hetero) is 1. The fourth-order valence-corrected chi connectivity index (χ4v) is 15.6. The molecule has 0 amide bonds. The summed E-state index contributed by atoms with van der Waals surface area (Å²) in [5.41, 5.74) is -0.210. The number of carbonyl (C=O) groups is 5. The second-order valence-corrected chi connectivity index (χ2v) is 27.6. The lowest BCUT2D eigenvalue weighted by Crippen LogP contribution is -2.54. The van der Waals surface area contributed by atoms with Crippen LogP contribution in [0.4, 0.5) is 0 Å². The third-order valence-electron chi connectivity index (χ3n) is 20.7. The van der Waals surface area contributed by atoms with Gasteiger partial charge in [0, 0.05) is 25.2 Å². The zero-order valence-electron chi connectivity index (χ0n) is 52.7. The van der Waals surface area contributed by atoms with Gasteiger partial charge in [0.1, 0.15) is 25.1 Å². The third kappa shape index (κ3) is 25.5. The van der Waals surface area contributed by atoms with Gasteiger partial charge in [0.15, 0.2) is 6.10 Å².